The van der Waals surface area contributed by atoms with Crippen molar-refractivity contribution < 1.29 is 9.47 Å². The van der Waals surface area contributed by atoms with Crippen molar-refractivity contribution >= 4 is 0 Å². The van der Waals surface area contributed by atoms with Gasteiger partial charge >= 0.3 is 0 Å². The summed E-state index contributed by atoms with van der Waals surface area (Å²) < 4.78 is 11.1. The summed E-state index contributed by atoms with van der Waals surface area (Å²) in [6.45, 7) is 15.5. The molecule has 0 saturated carbocycles. The van der Waals surface area contributed by atoms with Crippen molar-refractivity contribution in [2.45, 2.75) is 46.3 Å². The first-order valence-corrected chi connectivity index (χ1v) is 5.43. The van der Waals surface area contributed by atoms with E-state index in [0.29, 0.717) is 12.5 Å². The standard InChI is InChI=1S/C12H25NO2/c1-10(2)14-9-8-13(7)11(3)15-12(4,5)6/h10H,3,8-9H2,1-2,4-7H3. The monoisotopic (exact) mass is 215 g/mol. The van der Waals surface area contributed by atoms with E-state index in [1.807, 2.05) is 46.6 Å². The number of likely N-dealkylation sites (N-methyl/N-ethyl adjacent to an activating group) is 1. The molecule has 0 aromatic rings. The van der Waals surface area contributed by atoms with Crippen molar-refractivity contribution in [3.8, 4) is 0 Å². The molecule has 0 N–H and O–H groups in total. The first-order valence-electron chi connectivity index (χ1n) is 5.43. The van der Waals surface area contributed by atoms with Gasteiger partial charge in [-0.1, -0.05) is 0 Å². The Morgan fingerprint density at radius 3 is 2.27 bits per heavy atom. The molecule has 90 valence electrons. The average molecular weight is 215 g/mol. The summed E-state index contributed by atoms with van der Waals surface area (Å²) in [5, 5.41) is 0. The van der Waals surface area contributed by atoms with Crippen LogP contribution in [0.1, 0.15) is 34.6 Å². The molecule has 0 atom stereocenters. The van der Waals surface area contributed by atoms with Crippen LogP contribution in [-0.4, -0.2) is 36.8 Å². The fourth-order valence-electron chi connectivity index (χ4n) is 0.981. The molecular weight excluding hydrogens is 190 g/mol. The minimum Gasteiger partial charge on any atom is -0.474 e. The van der Waals surface area contributed by atoms with Gasteiger partial charge in [-0.25, -0.2) is 0 Å². The van der Waals surface area contributed by atoms with Crippen LogP contribution in [-0.2, 0) is 9.47 Å². The van der Waals surface area contributed by atoms with E-state index in [2.05, 4.69) is 6.58 Å². The highest BCUT2D eigenvalue weighted by molar-refractivity contribution is 4.84. The third-order valence-electron chi connectivity index (χ3n) is 1.73. The van der Waals surface area contributed by atoms with E-state index in [9.17, 15) is 0 Å². The second-order valence-corrected chi connectivity index (χ2v) is 4.95. The normalized spacial score (nSPS) is 11.7. The zero-order chi connectivity index (χ0) is 12.1. The van der Waals surface area contributed by atoms with Gasteiger partial charge < -0.3 is 14.4 Å². The molecule has 15 heavy (non-hydrogen) atoms. The first-order chi connectivity index (χ1) is 6.72. The Bertz CT molecular complexity index is 194. The fourth-order valence-corrected chi connectivity index (χ4v) is 0.981. The molecule has 0 aliphatic carbocycles. The first kappa shape index (κ1) is 14.3. The molecule has 0 saturated heterocycles. The second-order valence-electron chi connectivity index (χ2n) is 4.95. The van der Waals surface area contributed by atoms with Gasteiger partial charge in [-0.3, -0.25) is 0 Å². The lowest BCUT2D eigenvalue weighted by atomic mass is 10.2. The Morgan fingerprint density at radius 1 is 1.33 bits per heavy atom. The van der Waals surface area contributed by atoms with E-state index in [1.165, 1.54) is 0 Å². The van der Waals surface area contributed by atoms with Gasteiger partial charge in [-0.15, -0.1) is 0 Å². The molecule has 0 amide bonds. The van der Waals surface area contributed by atoms with Crippen LogP contribution in [0.2, 0.25) is 0 Å². The predicted octanol–water partition coefficient (Wildman–Crippen LogP) is 2.63. The zero-order valence-corrected chi connectivity index (χ0v) is 11.0. The summed E-state index contributed by atoms with van der Waals surface area (Å²) in [6.07, 6.45) is 0.273. The number of hydrogen-bond acceptors (Lipinski definition) is 3. The summed E-state index contributed by atoms with van der Waals surface area (Å²) >= 11 is 0. The maximum atomic E-state index is 5.63. The molecule has 3 nitrogen and oxygen atoms in total. The Kier molecular flexibility index (Phi) is 5.73. The lowest BCUT2D eigenvalue weighted by Gasteiger charge is -2.29. The molecule has 0 rings (SSSR count). The molecule has 0 heterocycles. The minimum atomic E-state index is -0.190. The van der Waals surface area contributed by atoms with Crippen molar-refractivity contribution in [2.24, 2.45) is 0 Å². The minimum absolute atomic E-state index is 0.190. The van der Waals surface area contributed by atoms with E-state index < -0.39 is 0 Å². The number of nitrogens with zero attached hydrogens (tertiary/aromatic N) is 1. The average Bonchev–Trinajstić information content (AvgIpc) is 1.99. The highest BCUT2D eigenvalue weighted by atomic mass is 16.5. The Balaban J connectivity index is 3.80. The van der Waals surface area contributed by atoms with Gasteiger partial charge in [0.05, 0.1) is 12.7 Å². The predicted molar refractivity (Wildman–Crippen MR) is 63.7 cm³/mol. The Morgan fingerprint density at radius 2 is 1.87 bits per heavy atom. The molecule has 0 aromatic carbocycles. The third-order valence-corrected chi connectivity index (χ3v) is 1.73. The summed E-state index contributed by atoms with van der Waals surface area (Å²) in [4.78, 5) is 1.97. The van der Waals surface area contributed by atoms with E-state index >= 15 is 0 Å². The fraction of sp³-hybridized carbons (Fsp3) is 0.833. The van der Waals surface area contributed by atoms with E-state index in [-0.39, 0.29) is 11.7 Å². The van der Waals surface area contributed by atoms with Gasteiger partial charge in [0.1, 0.15) is 5.60 Å². The molecule has 0 aliphatic rings. The van der Waals surface area contributed by atoms with Crippen molar-refractivity contribution in [1.82, 2.24) is 4.90 Å². The summed E-state index contributed by atoms with van der Waals surface area (Å²) in [5.74, 6) is 0.690. The van der Waals surface area contributed by atoms with Gasteiger partial charge in [0, 0.05) is 13.6 Å². The van der Waals surface area contributed by atoms with Gasteiger partial charge in [-0.2, -0.15) is 0 Å². The van der Waals surface area contributed by atoms with Crippen molar-refractivity contribution in [2.75, 3.05) is 20.2 Å². The molecule has 0 bridgehead atoms. The molecule has 0 fully saturated rings. The van der Waals surface area contributed by atoms with Crippen LogP contribution in [0.3, 0.4) is 0 Å². The van der Waals surface area contributed by atoms with Crippen LogP contribution >= 0.6 is 0 Å². The van der Waals surface area contributed by atoms with Gasteiger partial charge in [0.15, 0.2) is 5.88 Å². The molecule has 0 aromatic heterocycles. The highest BCUT2D eigenvalue weighted by Crippen LogP contribution is 2.13. The van der Waals surface area contributed by atoms with Crippen molar-refractivity contribution in [3.63, 3.8) is 0 Å². The maximum Gasteiger partial charge on any atom is 0.182 e. The molecule has 0 radical (unpaired) electrons. The number of rotatable bonds is 6. The van der Waals surface area contributed by atoms with E-state index in [1.54, 1.807) is 0 Å². The maximum absolute atomic E-state index is 5.63. The van der Waals surface area contributed by atoms with Crippen molar-refractivity contribution in [1.29, 1.82) is 0 Å². The quantitative estimate of drug-likeness (QED) is 0.636. The molecule has 0 spiro atoms. The van der Waals surface area contributed by atoms with Crippen molar-refractivity contribution in [3.05, 3.63) is 12.5 Å². The molecule has 0 aliphatic heterocycles. The van der Waals surface area contributed by atoms with Crippen LogP contribution in [0.25, 0.3) is 0 Å². The second kappa shape index (κ2) is 6.01. The van der Waals surface area contributed by atoms with Crippen LogP contribution < -0.4 is 0 Å². The summed E-state index contributed by atoms with van der Waals surface area (Å²) in [6, 6.07) is 0. The number of hydrogen-bond donors (Lipinski definition) is 0. The number of ether oxygens (including phenoxy) is 2. The molecular formula is C12H25NO2. The van der Waals surface area contributed by atoms with Gasteiger partial charge in [0.2, 0.25) is 0 Å². The Hall–Kier alpha value is -0.700. The van der Waals surface area contributed by atoms with Crippen LogP contribution in [0.15, 0.2) is 12.5 Å². The zero-order valence-electron chi connectivity index (χ0n) is 11.0. The SMILES string of the molecule is C=C(OC(C)(C)C)N(C)CCOC(C)C. The van der Waals surface area contributed by atoms with Gasteiger partial charge in [0.25, 0.3) is 0 Å². The summed E-state index contributed by atoms with van der Waals surface area (Å²) in [7, 11) is 1.96. The lowest BCUT2D eigenvalue weighted by molar-refractivity contribution is -0.00266. The van der Waals surface area contributed by atoms with E-state index in [0.717, 1.165) is 6.54 Å². The van der Waals surface area contributed by atoms with Crippen LogP contribution in [0.4, 0.5) is 0 Å². The molecule has 3 heteroatoms. The lowest BCUT2D eigenvalue weighted by Crippen LogP contribution is -2.29. The largest absolute Gasteiger partial charge is 0.474 e. The summed E-state index contributed by atoms with van der Waals surface area (Å²) in [5.41, 5.74) is -0.190. The molecule has 0 unspecified atom stereocenters. The highest BCUT2D eigenvalue weighted by Gasteiger charge is 2.14. The van der Waals surface area contributed by atoms with E-state index in [4.69, 9.17) is 9.47 Å². The third kappa shape index (κ3) is 8.30. The Labute approximate surface area is 94.1 Å². The smallest absolute Gasteiger partial charge is 0.182 e. The van der Waals surface area contributed by atoms with Crippen LogP contribution in [0.5, 0.6) is 0 Å². The topological polar surface area (TPSA) is 21.7 Å². The van der Waals surface area contributed by atoms with Gasteiger partial charge in [-0.05, 0) is 41.2 Å². The van der Waals surface area contributed by atoms with Crippen LogP contribution in [0, 0.1) is 0 Å².